The van der Waals surface area contributed by atoms with Crippen LogP contribution < -0.4 is 33.2 Å². The molecule has 290 valence electrons. The fourth-order valence-electron chi connectivity index (χ4n) is 6.02. The number of carbonyl (C=O) groups excluding carboxylic acids is 2. The molecule has 1 aliphatic rings. The number of rotatable bonds is 14. The zero-order chi connectivity index (χ0) is 39.9. The first-order chi connectivity index (χ1) is 26.4. The second-order valence-corrected chi connectivity index (χ2v) is 13.3. The molecular weight excluding hydrogens is 729 g/mol. The van der Waals surface area contributed by atoms with Crippen molar-refractivity contribution >= 4 is 40.6 Å². The molecule has 6 rings (SSSR count). The number of esters is 1. The van der Waals surface area contributed by atoms with E-state index >= 15 is 0 Å². The summed E-state index contributed by atoms with van der Waals surface area (Å²) in [6.07, 6.45) is 0.765. The Bertz CT molecular complexity index is 2180. The highest BCUT2D eigenvalue weighted by Crippen LogP contribution is 2.47. The van der Waals surface area contributed by atoms with Gasteiger partial charge >= 0.3 is 5.97 Å². The SMILES string of the molecule is COc1cc(C=O)cc(OC(C)C)c1OC.COc1ccc(C2(O)OC(=O)C(c3ccc4nsnc4c3)=C2Cc2cc(OC)c(OC)c(OC(C)C)c2)cc1. The van der Waals surface area contributed by atoms with Crippen LogP contribution in [0.5, 0.6) is 40.2 Å². The van der Waals surface area contributed by atoms with Crippen molar-refractivity contribution in [3.63, 3.8) is 0 Å². The molecule has 0 fully saturated rings. The Balaban J connectivity index is 0.000000305. The lowest BCUT2D eigenvalue weighted by atomic mass is 9.88. The first-order valence-corrected chi connectivity index (χ1v) is 18.0. The molecule has 2 heterocycles. The average molecular weight is 773 g/mol. The van der Waals surface area contributed by atoms with E-state index in [1.165, 1.54) is 14.2 Å². The standard InChI is InChI=1S/C29H28N2O7S.C12H16O4/c1-16(2)37-25-14-17(13-24(35-4)27(25)36-5)12-21-26(18-6-11-22-23(15-18)31-39-30-22)28(32)38-29(21,33)19-7-9-20(34-3)10-8-19;1-8(2)16-11-6-9(7-13)5-10(14-3)12(11)15-4/h6-11,13-16,33H,12H2,1-5H3;5-8H,1-4H3. The van der Waals surface area contributed by atoms with Gasteiger partial charge in [-0.25, -0.2) is 4.79 Å². The van der Waals surface area contributed by atoms with E-state index in [2.05, 4.69) is 8.75 Å². The van der Waals surface area contributed by atoms with Gasteiger partial charge in [-0.3, -0.25) is 4.79 Å². The number of cyclic esters (lactones) is 1. The fraction of sp³-hybridized carbons (Fsp3) is 0.317. The topological polar surface area (TPSA) is 154 Å². The van der Waals surface area contributed by atoms with E-state index in [1.54, 1.807) is 82.0 Å². The molecule has 1 unspecified atom stereocenters. The minimum atomic E-state index is -2.03. The van der Waals surface area contributed by atoms with Crippen LogP contribution in [-0.4, -0.2) is 73.9 Å². The van der Waals surface area contributed by atoms with Crippen molar-refractivity contribution in [2.45, 2.75) is 52.1 Å². The van der Waals surface area contributed by atoms with Crippen LogP contribution in [0.25, 0.3) is 16.6 Å². The highest BCUT2D eigenvalue weighted by atomic mass is 32.1. The third-order valence-electron chi connectivity index (χ3n) is 8.39. The molecule has 1 N–H and O–H groups in total. The molecule has 55 heavy (non-hydrogen) atoms. The van der Waals surface area contributed by atoms with Gasteiger partial charge in [-0.2, -0.15) is 8.75 Å². The van der Waals surface area contributed by atoms with Crippen LogP contribution in [-0.2, 0) is 21.7 Å². The van der Waals surface area contributed by atoms with Crippen molar-refractivity contribution in [3.05, 3.63) is 94.6 Å². The van der Waals surface area contributed by atoms with Gasteiger partial charge in [-0.05, 0) is 99.5 Å². The number of aliphatic hydroxyl groups is 1. The molecule has 0 bridgehead atoms. The number of fused-ring (bicyclic) bond motifs is 1. The number of carbonyl (C=O) groups is 2. The van der Waals surface area contributed by atoms with Crippen LogP contribution in [0, 0.1) is 0 Å². The Morgan fingerprint density at radius 2 is 1.29 bits per heavy atom. The second-order valence-electron chi connectivity index (χ2n) is 12.8. The molecule has 1 atom stereocenters. The zero-order valence-electron chi connectivity index (χ0n) is 32.1. The van der Waals surface area contributed by atoms with Gasteiger partial charge < -0.3 is 43.0 Å². The van der Waals surface area contributed by atoms with Crippen LogP contribution in [0.4, 0.5) is 0 Å². The largest absolute Gasteiger partial charge is 0.497 e. The van der Waals surface area contributed by atoms with E-state index in [1.807, 2.05) is 33.8 Å². The first-order valence-electron chi connectivity index (χ1n) is 17.2. The quantitative estimate of drug-likeness (QED) is 0.0894. The third-order valence-corrected chi connectivity index (χ3v) is 8.95. The first kappa shape index (κ1) is 40.3. The summed E-state index contributed by atoms with van der Waals surface area (Å²) in [5.74, 6) is 0.830. The number of aldehydes is 1. The second kappa shape index (κ2) is 17.5. The van der Waals surface area contributed by atoms with Crippen LogP contribution in [0.1, 0.15) is 54.7 Å². The molecule has 13 nitrogen and oxygen atoms in total. The van der Waals surface area contributed by atoms with Gasteiger partial charge in [0.1, 0.15) is 23.1 Å². The normalized spacial score (nSPS) is 15.0. The Hall–Kier alpha value is -5.86. The third kappa shape index (κ3) is 8.76. The summed E-state index contributed by atoms with van der Waals surface area (Å²) in [5.41, 5.74) is 4.16. The minimum Gasteiger partial charge on any atom is -0.497 e. The molecule has 0 amide bonds. The van der Waals surface area contributed by atoms with E-state index in [-0.39, 0.29) is 24.2 Å². The molecule has 4 aromatic carbocycles. The molecule has 0 spiro atoms. The van der Waals surface area contributed by atoms with Crippen molar-refractivity contribution in [2.24, 2.45) is 0 Å². The molecule has 0 aliphatic carbocycles. The Morgan fingerprint density at radius 3 is 1.85 bits per heavy atom. The Kier molecular flexibility index (Phi) is 12.8. The van der Waals surface area contributed by atoms with Gasteiger partial charge in [-0.1, -0.05) is 6.07 Å². The lowest BCUT2D eigenvalue weighted by Crippen LogP contribution is -2.29. The van der Waals surface area contributed by atoms with Gasteiger partial charge in [0.2, 0.25) is 11.5 Å². The maximum absolute atomic E-state index is 13.4. The van der Waals surface area contributed by atoms with E-state index in [9.17, 15) is 14.7 Å². The summed E-state index contributed by atoms with van der Waals surface area (Å²) in [6.45, 7) is 7.63. The van der Waals surface area contributed by atoms with Gasteiger partial charge in [-0.15, -0.1) is 0 Å². The zero-order valence-corrected chi connectivity index (χ0v) is 32.9. The molecule has 14 heteroatoms. The maximum atomic E-state index is 13.4. The summed E-state index contributed by atoms with van der Waals surface area (Å²) in [7, 11) is 7.69. The fourth-order valence-corrected chi connectivity index (χ4v) is 6.54. The summed E-state index contributed by atoms with van der Waals surface area (Å²) >= 11 is 1.09. The number of aromatic nitrogens is 2. The molecule has 5 aromatic rings. The Labute approximate surface area is 323 Å². The highest BCUT2D eigenvalue weighted by Gasteiger charge is 2.48. The van der Waals surface area contributed by atoms with Crippen LogP contribution in [0.3, 0.4) is 0 Å². The summed E-state index contributed by atoms with van der Waals surface area (Å²) in [5, 5.41) is 12.0. The lowest BCUT2D eigenvalue weighted by molar-refractivity contribution is -0.185. The smallest absolute Gasteiger partial charge is 0.342 e. The number of methoxy groups -OCH3 is 5. The number of nitrogens with zero attached hydrogens (tertiary/aromatic N) is 2. The van der Waals surface area contributed by atoms with Crippen LogP contribution in [0.2, 0.25) is 0 Å². The minimum absolute atomic E-state index is 0.000471. The van der Waals surface area contributed by atoms with E-state index in [4.69, 9.17) is 37.9 Å². The molecule has 1 aliphatic heterocycles. The number of benzene rings is 4. The number of hydrogen-bond donors (Lipinski definition) is 1. The van der Waals surface area contributed by atoms with Crippen molar-refractivity contribution in [1.82, 2.24) is 8.75 Å². The Morgan fingerprint density at radius 1 is 0.727 bits per heavy atom. The number of ether oxygens (including phenoxy) is 8. The lowest BCUT2D eigenvalue weighted by Gasteiger charge is -2.26. The predicted molar refractivity (Wildman–Crippen MR) is 207 cm³/mol. The molecule has 1 aromatic heterocycles. The van der Waals surface area contributed by atoms with Gasteiger partial charge in [0.15, 0.2) is 23.0 Å². The van der Waals surface area contributed by atoms with E-state index in [0.29, 0.717) is 68.0 Å². The van der Waals surface area contributed by atoms with Crippen molar-refractivity contribution in [1.29, 1.82) is 0 Å². The maximum Gasteiger partial charge on any atom is 0.342 e. The van der Waals surface area contributed by atoms with Gasteiger partial charge in [0.05, 0.1) is 65.1 Å². The number of hydrogen-bond acceptors (Lipinski definition) is 14. The predicted octanol–water partition coefficient (Wildman–Crippen LogP) is 7.21. The van der Waals surface area contributed by atoms with Crippen molar-refractivity contribution in [3.8, 4) is 40.2 Å². The summed E-state index contributed by atoms with van der Waals surface area (Å²) in [4.78, 5) is 24.2. The van der Waals surface area contributed by atoms with Crippen LogP contribution >= 0.6 is 11.7 Å². The average Bonchev–Trinajstić information content (AvgIpc) is 3.74. The monoisotopic (exact) mass is 772 g/mol. The molecule has 0 saturated carbocycles. The highest BCUT2D eigenvalue weighted by molar-refractivity contribution is 7.00. The molecular formula is C41H44N2O11S. The van der Waals surface area contributed by atoms with Crippen molar-refractivity contribution < 1.29 is 52.6 Å². The summed E-state index contributed by atoms with van der Waals surface area (Å²) in [6, 6.07) is 18.9. The van der Waals surface area contributed by atoms with E-state index in [0.717, 1.165) is 29.1 Å². The molecule has 0 saturated heterocycles. The summed E-state index contributed by atoms with van der Waals surface area (Å²) < 4.78 is 52.6. The van der Waals surface area contributed by atoms with Gasteiger partial charge in [0.25, 0.3) is 5.79 Å². The molecule has 0 radical (unpaired) electrons. The van der Waals surface area contributed by atoms with Crippen LogP contribution in [0.15, 0.2) is 72.3 Å². The van der Waals surface area contributed by atoms with Crippen molar-refractivity contribution in [2.75, 3.05) is 35.5 Å². The van der Waals surface area contributed by atoms with E-state index < -0.39 is 11.8 Å². The van der Waals surface area contributed by atoms with Gasteiger partial charge in [0, 0.05) is 23.1 Å².